The Morgan fingerprint density at radius 1 is 0.679 bits per heavy atom. The van der Waals surface area contributed by atoms with Gasteiger partial charge in [-0.15, -0.1) is 0 Å². The molecule has 0 spiro atoms. The molecular formula is C11H9F12IN2O2. The lowest BCUT2D eigenvalue weighted by molar-refractivity contribution is -0.722. The maximum absolute atomic E-state index is 12.5. The monoisotopic (exact) mass is 556 g/mol. The molecular weight excluding hydrogens is 547 g/mol. The fourth-order valence-corrected chi connectivity index (χ4v) is 1.83. The number of halogens is 13. The Kier molecular flexibility index (Phi) is 7.42. The van der Waals surface area contributed by atoms with Gasteiger partial charge in [0.05, 0.1) is 0 Å². The van der Waals surface area contributed by atoms with Crippen LogP contribution in [0, 0.1) is 0 Å². The third-order valence-corrected chi connectivity index (χ3v) is 3.44. The van der Waals surface area contributed by atoms with Crippen molar-refractivity contribution in [3.05, 3.63) is 18.7 Å². The Morgan fingerprint density at radius 2 is 1.04 bits per heavy atom. The number of aliphatic hydroxyl groups is 2. The summed E-state index contributed by atoms with van der Waals surface area (Å²) in [4.78, 5) is 0. The summed E-state index contributed by atoms with van der Waals surface area (Å²) in [6.45, 7) is -4.60. The molecule has 17 heteroatoms. The molecule has 0 aliphatic heterocycles. The standard InChI is InChI=1S/C11H9F12N2O2.HI/c12-8(13,14)6(26,9(15,16)17)3-24-1-2-25(5-24)4-7(27,10(18,19)20)11(21,22)23;/h1-2,5,26-27H,3-4H2;1H/q+1;/p-1. The molecule has 0 fully saturated rings. The Hall–Kier alpha value is -0.980. The zero-order valence-corrected chi connectivity index (χ0v) is 15.0. The first-order valence-electron chi connectivity index (χ1n) is 6.42. The van der Waals surface area contributed by atoms with Gasteiger partial charge < -0.3 is 34.2 Å². The summed E-state index contributed by atoms with van der Waals surface area (Å²) in [7, 11) is 0. The molecule has 1 aromatic rings. The second-order valence-corrected chi connectivity index (χ2v) is 5.47. The average molecular weight is 556 g/mol. The van der Waals surface area contributed by atoms with Crippen molar-refractivity contribution in [1.29, 1.82) is 0 Å². The van der Waals surface area contributed by atoms with Crippen molar-refractivity contribution in [2.24, 2.45) is 0 Å². The highest BCUT2D eigenvalue weighted by Crippen LogP contribution is 2.45. The van der Waals surface area contributed by atoms with Gasteiger partial charge in [-0.25, -0.2) is 9.13 Å². The second kappa shape index (κ2) is 7.69. The van der Waals surface area contributed by atoms with Crippen molar-refractivity contribution < 1.29 is 91.4 Å². The van der Waals surface area contributed by atoms with Crippen LogP contribution >= 0.6 is 0 Å². The van der Waals surface area contributed by atoms with E-state index in [1.807, 2.05) is 0 Å². The number of nitrogens with zero attached hydrogens (tertiary/aromatic N) is 2. The van der Waals surface area contributed by atoms with Crippen LogP contribution in [-0.4, -0.2) is 50.7 Å². The summed E-state index contributed by atoms with van der Waals surface area (Å²) in [5.41, 5.74) is -10.6. The van der Waals surface area contributed by atoms with Crippen molar-refractivity contribution in [2.45, 2.75) is 49.0 Å². The van der Waals surface area contributed by atoms with Gasteiger partial charge in [0, 0.05) is 0 Å². The number of rotatable bonds is 4. The first-order chi connectivity index (χ1) is 11.7. The van der Waals surface area contributed by atoms with Gasteiger partial charge in [-0.3, -0.25) is 0 Å². The van der Waals surface area contributed by atoms with Crippen LogP contribution < -0.4 is 28.5 Å². The van der Waals surface area contributed by atoms with Crippen molar-refractivity contribution in [1.82, 2.24) is 4.57 Å². The second-order valence-electron chi connectivity index (χ2n) is 5.47. The summed E-state index contributed by atoms with van der Waals surface area (Å²) in [6.07, 6.45) is -24.5. The highest BCUT2D eigenvalue weighted by atomic mass is 127. The van der Waals surface area contributed by atoms with Gasteiger partial charge in [0.15, 0.2) is 0 Å². The third-order valence-electron chi connectivity index (χ3n) is 3.44. The molecule has 0 atom stereocenters. The van der Waals surface area contributed by atoms with Crippen LogP contribution in [0.25, 0.3) is 0 Å². The van der Waals surface area contributed by atoms with Crippen LogP contribution in [0.1, 0.15) is 0 Å². The first kappa shape index (κ1) is 27.0. The van der Waals surface area contributed by atoms with Gasteiger partial charge in [0.1, 0.15) is 25.5 Å². The summed E-state index contributed by atoms with van der Waals surface area (Å²) < 4.78 is 150. The predicted molar refractivity (Wildman–Crippen MR) is 58.7 cm³/mol. The number of aromatic nitrogens is 2. The lowest BCUT2D eigenvalue weighted by Crippen LogP contribution is -3.00. The molecule has 0 unspecified atom stereocenters. The lowest BCUT2D eigenvalue weighted by Gasteiger charge is -2.31. The average Bonchev–Trinajstić information content (AvgIpc) is 2.80. The molecule has 0 aliphatic rings. The van der Waals surface area contributed by atoms with Crippen molar-refractivity contribution in [2.75, 3.05) is 0 Å². The molecule has 0 aliphatic carbocycles. The van der Waals surface area contributed by atoms with E-state index in [1.54, 1.807) is 0 Å². The van der Waals surface area contributed by atoms with E-state index < -0.39 is 49.0 Å². The largest absolute Gasteiger partial charge is 1.00 e. The summed E-state index contributed by atoms with van der Waals surface area (Å²) >= 11 is 0. The molecule has 166 valence electrons. The summed E-state index contributed by atoms with van der Waals surface area (Å²) in [5.74, 6) is 0. The van der Waals surface area contributed by atoms with E-state index in [2.05, 4.69) is 0 Å². The number of alkyl halides is 12. The molecule has 0 saturated heterocycles. The molecule has 1 heterocycles. The SMILES string of the molecule is OC(Cn1cc[n+](CC(O)(C(F)(F)F)C(F)(F)F)c1)(C(F)(F)F)C(F)(F)F.[I-]. The van der Waals surface area contributed by atoms with Crippen LogP contribution in [0.2, 0.25) is 0 Å². The maximum Gasteiger partial charge on any atom is 0.430 e. The van der Waals surface area contributed by atoms with E-state index in [1.165, 1.54) is 0 Å². The number of hydrogen-bond acceptors (Lipinski definition) is 2. The van der Waals surface area contributed by atoms with Gasteiger partial charge >= 0.3 is 24.7 Å². The Balaban J connectivity index is 0.00000729. The minimum absolute atomic E-state index is 0. The van der Waals surface area contributed by atoms with E-state index in [0.717, 1.165) is 0 Å². The molecule has 1 aromatic heterocycles. The van der Waals surface area contributed by atoms with Gasteiger partial charge in [-0.05, 0) is 0 Å². The van der Waals surface area contributed by atoms with Crippen LogP contribution in [0.3, 0.4) is 0 Å². The van der Waals surface area contributed by atoms with E-state index in [9.17, 15) is 52.7 Å². The molecule has 0 amide bonds. The Bertz CT molecular complexity index is 578. The molecule has 2 N–H and O–H groups in total. The first-order valence-corrected chi connectivity index (χ1v) is 6.42. The Morgan fingerprint density at radius 3 is 1.36 bits per heavy atom. The van der Waals surface area contributed by atoms with Crippen LogP contribution in [0.4, 0.5) is 52.7 Å². The molecule has 0 aromatic carbocycles. The highest BCUT2D eigenvalue weighted by Gasteiger charge is 2.73. The molecule has 28 heavy (non-hydrogen) atoms. The normalized spacial score (nSPS) is 14.8. The number of hydrogen-bond donors (Lipinski definition) is 2. The van der Waals surface area contributed by atoms with Gasteiger partial charge in [0.25, 0.3) is 11.2 Å². The molecule has 1 rings (SSSR count). The molecule has 0 radical (unpaired) electrons. The fraction of sp³-hybridized carbons (Fsp3) is 0.727. The molecule has 0 saturated carbocycles. The van der Waals surface area contributed by atoms with Crippen molar-refractivity contribution in [3.63, 3.8) is 0 Å². The van der Waals surface area contributed by atoms with E-state index in [-0.39, 0.29) is 51.8 Å². The third kappa shape index (κ3) is 4.95. The van der Waals surface area contributed by atoms with Gasteiger partial charge in [-0.2, -0.15) is 52.7 Å². The van der Waals surface area contributed by atoms with Gasteiger partial charge in [0.2, 0.25) is 6.33 Å². The minimum Gasteiger partial charge on any atom is -1.00 e. The van der Waals surface area contributed by atoms with Gasteiger partial charge in [-0.1, -0.05) is 0 Å². The highest BCUT2D eigenvalue weighted by molar-refractivity contribution is 4.95. The maximum atomic E-state index is 12.5. The zero-order valence-electron chi connectivity index (χ0n) is 12.8. The lowest BCUT2D eigenvalue weighted by atomic mass is 10.0. The fourth-order valence-electron chi connectivity index (χ4n) is 1.83. The quantitative estimate of drug-likeness (QED) is 0.299. The zero-order chi connectivity index (χ0) is 21.7. The van der Waals surface area contributed by atoms with E-state index in [4.69, 9.17) is 10.2 Å². The van der Waals surface area contributed by atoms with Crippen LogP contribution in [-0.2, 0) is 13.1 Å². The van der Waals surface area contributed by atoms with Crippen molar-refractivity contribution >= 4 is 0 Å². The minimum atomic E-state index is -6.25. The summed E-state index contributed by atoms with van der Waals surface area (Å²) in [5, 5.41) is 17.9. The number of imidazole rings is 1. The van der Waals surface area contributed by atoms with Crippen LogP contribution in [0.5, 0.6) is 0 Å². The molecule has 0 bridgehead atoms. The van der Waals surface area contributed by atoms with E-state index >= 15 is 0 Å². The summed E-state index contributed by atoms with van der Waals surface area (Å²) in [6, 6.07) is 0. The predicted octanol–water partition coefficient (Wildman–Crippen LogP) is -0.509. The Labute approximate surface area is 164 Å². The molecule has 4 nitrogen and oxygen atoms in total. The van der Waals surface area contributed by atoms with E-state index in [0.29, 0.717) is 0 Å². The smallest absolute Gasteiger partial charge is 0.430 e. The van der Waals surface area contributed by atoms with Crippen LogP contribution in [0.15, 0.2) is 18.7 Å². The van der Waals surface area contributed by atoms with Crippen molar-refractivity contribution in [3.8, 4) is 0 Å². The topological polar surface area (TPSA) is 49.3 Å².